The van der Waals surface area contributed by atoms with E-state index in [9.17, 15) is 9.59 Å². The summed E-state index contributed by atoms with van der Waals surface area (Å²) in [5.41, 5.74) is 0. The van der Waals surface area contributed by atoms with Gasteiger partial charge in [0.25, 0.3) is 0 Å². The van der Waals surface area contributed by atoms with Gasteiger partial charge in [-0.15, -0.1) is 0 Å². The van der Waals surface area contributed by atoms with Crippen molar-refractivity contribution < 1.29 is 14.3 Å². The SMILES string of the molecule is CCCCC(=O)NCCCCCCNC(=O)OCCN(CCC)CCC. The highest BCUT2D eigenvalue weighted by atomic mass is 16.5. The molecule has 0 unspecified atom stereocenters. The van der Waals surface area contributed by atoms with E-state index in [0.29, 0.717) is 19.6 Å². The molecular weight excluding hydrogens is 330 g/mol. The summed E-state index contributed by atoms with van der Waals surface area (Å²) in [6, 6.07) is 0. The van der Waals surface area contributed by atoms with Crippen molar-refractivity contribution in [1.82, 2.24) is 15.5 Å². The third-order valence-electron chi connectivity index (χ3n) is 4.17. The van der Waals surface area contributed by atoms with Crippen molar-refractivity contribution in [3.8, 4) is 0 Å². The first kappa shape index (κ1) is 24.7. The summed E-state index contributed by atoms with van der Waals surface area (Å²) in [6.07, 6.45) is 8.62. The second-order valence-corrected chi connectivity index (χ2v) is 6.77. The molecule has 154 valence electrons. The van der Waals surface area contributed by atoms with E-state index in [0.717, 1.165) is 77.5 Å². The van der Waals surface area contributed by atoms with Crippen molar-refractivity contribution in [2.45, 2.75) is 78.6 Å². The van der Waals surface area contributed by atoms with E-state index in [1.807, 2.05) is 0 Å². The van der Waals surface area contributed by atoms with Crippen LogP contribution in [0.15, 0.2) is 0 Å². The van der Waals surface area contributed by atoms with E-state index in [2.05, 4.69) is 36.3 Å². The average molecular weight is 372 g/mol. The van der Waals surface area contributed by atoms with Gasteiger partial charge < -0.3 is 15.4 Å². The molecule has 6 heteroatoms. The fourth-order valence-electron chi connectivity index (χ4n) is 2.73. The van der Waals surface area contributed by atoms with Crippen LogP contribution in [0.5, 0.6) is 0 Å². The normalized spacial score (nSPS) is 10.8. The quantitative estimate of drug-likeness (QED) is 0.383. The molecule has 0 aliphatic rings. The number of ether oxygens (including phenoxy) is 1. The lowest BCUT2D eigenvalue weighted by molar-refractivity contribution is -0.121. The Morgan fingerprint density at radius 3 is 1.96 bits per heavy atom. The van der Waals surface area contributed by atoms with Crippen LogP contribution in [-0.2, 0) is 9.53 Å². The lowest BCUT2D eigenvalue weighted by atomic mass is 10.2. The fourth-order valence-corrected chi connectivity index (χ4v) is 2.73. The monoisotopic (exact) mass is 371 g/mol. The maximum atomic E-state index is 11.6. The highest BCUT2D eigenvalue weighted by molar-refractivity contribution is 5.75. The lowest BCUT2D eigenvalue weighted by Gasteiger charge is -2.20. The molecule has 0 fully saturated rings. The standard InChI is InChI=1S/C20H41N3O3/c1-4-7-12-19(24)21-13-10-8-9-11-14-22-20(25)26-18-17-23(15-5-2)16-6-3/h4-18H2,1-3H3,(H,21,24)(H,22,25). The summed E-state index contributed by atoms with van der Waals surface area (Å²) in [5.74, 6) is 0.160. The molecule has 0 radical (unpaired) electrons. The van der Waals surface area contributed by atoms with Crippen LogP contribution in [0.25, 0.3) is 0 Å². The Bertz CT molecular complexity index is 345. The Morgan fingerprint density at radius 1 is 0.769 bits per heavy atom. The number of nitrogens with zero attached hydrogens (tertiary/aromatic N) is 1. The number of hydrogen-bond acceptors (Lipinski definition) is 4. The van der Waals surface area contributed by atoms with Crippen molar-refractivity contribution in [3.63, 3.8) is 0 Å². The third kappa shape index (κ3) is 16.2. The van der Waals surface area contributed by atoms with Gasteiger partial charge in [-0.3, -0.25) is 9.69 Å². The van der Waals surface area contributed by atoms with E-state index in [1.54, 1.807) is 0 Å². The van der Waals surface area contributed by atoms with Crippen LogP contribution in [0.3, 0.4) is 0 Å². The van der Waals surface area contributed by atoms with Gasteiger partial charge in [0.05, 0.1) is 0 Å². The van der Waals surface area contributed by atoms with Gasteiger partial charge in [0.2, 0.25) is 5.91 Å². The maximum Gasteiger partial charge on any atom is 0.407 e. The number of nitrogens with one attached hydrogen (secondary N) is 2. The van der Waals surface area contributed by atoms with Crippen molar-refractivity contribution in [2.24, 2.45) is 0 Å². The summed E-state index contributed by atoms with van der Waals surface area (Å²) < 4.78 is 5.23. The first-order valence-corrected chi connectivity index (χ1v) is 10.5. The Balaban J connectivity index is 3.44. The number of unbranched alkanes of at least 4 members (excludes halogenated alkanes) is 4. The summed E-state index contributed by atoms with van der Waals surface area (Å²) >= 11 is 0. The Hall–Kier alpha value is -1.30. The largest absolute Gasteiger partial charge is 0.448 e. The maximum absolute atomic E-state index is 11.6. The molecule has 0 aromatic rings. The van der Waals surface area contributed by atoms with E-state index in [1.165, 1.54) is 0 Å². The van der Waals surface area contributed by atoms with Crippen molar-refractivity contribution >= 4 is 12.0 Å². The van der Waals surface area contributed by atoms with Crippen LogP contribution >= 0.6 is 0 Å². The topological polar surface area (TPSA) is 70.7 Å². The van der Waals surface area contributed by atoms with Crippen LogP contribution in [0.2, 0.25) is 0 Å². The second kappa shape index (κ2) is 18.5. The van der Waals surface area contributed by atoms with Crippen LogP contribution in [0.4, 0.5) is 4.79 Å². The molecule has 0 atom stereocenters. The first-order valence-electron chi connectivity index (χ1n) is 10.5. The molecule has 2 amide bonds. The predicted octanol–water partition coefficient (Wildman–Crippen LogP) is 3.70. The van der Waals surface area contributed by atoms with Gasteiger partial charge in [-0.2, -0.15) is 0 Å². The van der Waals surface area contributed by atoms with Gasteiger partial charge in [0.1, 0.15) is 6.61 Å². The Labute approximate surface area is 160 Å². The number of amides is 2. The van der Waals surface area contributed by atoms with Gasteiger partial charge >= 0.3 is 6.09 Å². The number of alkyl carbamates (subject to hydrolysis) is 1. The fraction of sp³-hybridized carbons (Fsp3) is 0.900. The van der Waals surface area contributed by atoms with Gasteiger partial charge in [-0.05, 0) is 45.2 Å². The van der Waals surface area contributed by atoms with Crippen LogP contribution in [0.1, 0.15) is 78.6 Å². The molecule has 0 rings (SSSR count). The van der Waals surface area contributed by atoms with Crippen molar-refractivity contribution in [2.75, 3.05) is 39.3 Å². The van der Waals surface area contributed by atoms with E-state index in [4.69, 9.17) is 4.74 Å². The first-order chi connectivity index (χ1) is 12.6. The molecule has 0 heterocycles. The van der Waals surface area contributed by atoms with E-state index < -0.39 is 0 Å². The molecule has 0 aromatic carbocycles. The molecule has 0 saturated carbocycles. The number of rotatable bonds is 17. The molecule has 2 N–H and O–H groups in total. The summed E-state index contributed by atoms with van der Waals surface area (Å²) in [4.78, 5) is 25.4. The molecule has 6 nitrogen and oxygen atoms in total. The number of carbonyl (C=O) groups is 2. The lowest BCUT2D eigenvalue weighted by Crippen LogP contribution is -2.32. The Morgan fingerprint density at radius 2 is 1.38 bits per heavy atom. The molecule has 0 saturated heterocycles. The number of carbonyl (C=O) groups excluding carboxylic acids is 2. The molecule has 26 heavy (non-hydrogen) atoms. The van der Waals surface area contributed by atoms with E-state index >= 15 is 0 Å². The van der Waals surface area contributed by atoms with Crippen LogP contribution in [-0.4, -0.2) is 56.2 Å². The third-order valence-corrected chi connectivity index (χ3v) is 4.17. The summed E-state index contributed by atoms with van der Waals surface area (Å²) in [6.45, 7) is 11.2. The molecule has 0 aliphatic heterocycles. The van der Waals surface area contributed by atoms with Crippen molar-refractivity contribution in [3.05, 3.63) is 0 Å². The summed E-state index contributed by atoms with van der Waals surface area (Å²) in [5, 5.41) is 5.75. The minimum Gasteiger partial charge on any atom is -0.448 e. The molecule has 0 aromatic heterocycles. The minimum absolute atomic E-state index is 0.160. The predicted molar refractivity (Wildman–Crippen MR) is 107 cm³/mol. The zero-order valence-electron chi connectivity index (χ0n) is 17.3. The molecule has 0 aliphatic carbocycles. The Kier molecular flexibility index (Phi) is 17.6. The van der Waals surface area contributed by atoms with Crippen LogP contribution in [0, 0.1) is 0 Å². The molecule has 0 spiro atoms. The van der Waals surface area contributed by atoms with E-state index in [-0.39, 0.29) is 12.0 Å². The minimum atomic E-state index is -0.318. The molecule has 0 bridgehead atoms. The zero-order chi connectivity index (χ0) is 19.5. The highest BCUT2D eigenvalue weighted by Gasteiger charge is 2.05. The number of hydrogen-bond donors (Lipinski definition) is 2. The smallest absolute Gasteiger partial charge is 0.407 e. The highest BCUT2D eigenvalue weighted by Crippen LogP contribution is 1.99. The molecular formula is C20H41N3O3. The van der Waals surface area contributed by atoms with Gasteiger partial charge in [0.15, 0.2) is 0 Å². The second-order valence-electron chi connectivity index (χ2n) is 6.77. The zero-order valence-corrected chi connectivity index (χ0v) is 17.3. The van der Waals surface area contributed by atoms with Crippen molar-refractivity contribution in [1.29, 1.82) is 0 Å². The van der Waals surface area contributed by atoms with Gasteiger partial charge in [-0.1, -0.05) is 40.0 Å². The summed E-state index contributed by atoms with van der Waals surface area (Å²) in [7, 11) is 0. The van der Waals surface area contributed by atoms with Gasteiger partial charge in [-0.25, -0.2) is 4.79 Å². The average Bonchev–Trinajstić information content (AvgIpc) is 2.62. The van der Waals surface area contributed by atoms with Crippen LogP contribution < -0.4 is 10.6 Å². The van der Waals surface area contributed by atoms with Gasteiger partial charge in [0, 0.05) is 26.1 Å².